The van der Waals surface area contributed by atoms with E-state index in [1.807, 2.05) is 0 Å². The van der Waals surface area contributed by atoms with Crippen molar-refractivity contribution in [2.45, 2.75) is 119 Å². The van der Waals surface area contributed by atoms with Gasteiger partial charge in [0.2, 0.25) is 53.2 Å². The minimum Gasteiger partial charge on any atom is -0.508 e. The number of rotatable bonds is 37. The third kappa shape index (κ3) is 25.2. The number of aliphatic hydroxyl groups excluding tert-OH is 1. The number of aliphatic carboxylic acids is 3. The molecule has 0 heterocycles. The van der Waals surface area contributed by atoms with Crippen molar-refractivity contribution in [1.82, 2.24) is 42.5 Å². The number of hydrogen-bond acceptors (Lipinski definition) is 18. The Bertz CT molecular complexity index is 3190. The number of phenolic OH excluding ortho intramolecular Hbond substituents is 3. The molecule has 23 N–H and O–H groups in total. The number of phenols is 3. The first-order chi connectivity index (χ1) is 42.6. The summed E-state index contributed by atoms with van der Waals surface area (Å²) >= 11 is 0. The van der Waals surface area contributed by atoms with Crippen LogP contribution in [-0.2, 0) is 83.2 Å². The highest BCUT2D eigenvalue weighted by molar-refractivity contribution is 5.99. The topological polar surface area (TPSA) is 559 Å². The number of amides is 9. The monoisotopic (exact) mass is 1260 g/mol. The van der Waals surface area contributed by atoms with Crippen molar-refractivity contribution in [2.24, 2.45) is 27.9 Å². The van der Waals surface area contributed by atoms with Gasteiger partial charge in [0.25, 0.3) is 0 Å². The van der Waals surface area contributed by atoms with Crippen LogP contribution < -0.4 is 65.5 Å². The van der Waals surface area contributed by atoms with E-state index in [1.165, 1.54) is 72.8 Å². The van der Waals surface area contributed by atoms with Gasteiger partial charge >= 0.3 is 17.9 Å². The Morgan fingerprint density at radius 1 is 0.400 bits per heavy atom. The van der Waals surface area contributed by atoms with Crippen LogP contribution in [0.25, 0.3) is 0 Å². The summed E-state index contributed by atoms with van der Waals surface area (Å²) in [6, 6.07) is 8.15. The van der Waals surface area contributed by atoms with Crippen LogP contribution in [0.4, 0.5) is 0 Å². The van der Waals surface area contributed by atoms with E-state index < -0.39 is 164 Å². The number of primary amides is 1. The third-order valence-electron chi connectivity index (χ3n) is 13.4. The Morgan fingerprint density at radius 2 is 0.744 bits per heavy atom. The number of guanidine groups is 1. The Kier molecular flexibility index (Phi) is 28.4. The number of nitrogens with two attached hydrogens (primary N) is 4. The summed E-state index contributed by atoms with van der Waals surface area (Å²) in [7, 11) is 0. The predicted molar refractivity (Wildman–Crippen MR) is 317 cm³/mol. The molecule has 0 saturated heterocycles. The molecule has 0 aliphatic heterocycles. The minimum absolute atomic E-state index is 0.0347. The summed E-state index contributed by atoms with van der Waals surface area (Å²) in [6.07, 6.45) is -4.78. The lowest BCUT2D eigenvalue weighted by Gasteiger charge is -2.28. The lowest BCUT2D eigenvalue weighted by molar-refractivity contribution is -0.143. The normalized spacial score (nSPS) is 13.8. The van der Waals surface area contributed by atoms with Gasteiger partial charge in [-0.05, 0) is 77.9 Å². The van der Waals surface area contributed by atoms with E-state index >= 15 is 0 Å². The maximum Gasteiger partial charge on any atom is 0.326 e. The second-order valence-electron chi connectivity index (χ2n) is 20.6. The maximum absolute atomic E-state index is 14.6. The van der Waals surface area contributed by atoms with Gasteiger partial charge in [0.1, 0.15) is 65.6 Å². The molecule has 0 fully saturated rings. The molecule has 0 aliphatic carbocycles. The Balaban J connectivity index is 1.64. The molecular weight excluding hydrogens is 1180 g/mol. The average Bonchev–Trinajstić information content (AvgIpc) is 1.14. The van der Waals surface area contributed by atoms with E-state index in [-0.39, 0.29) is 67.4 Å². The smallest absolute Gasteiger partial charge is 0.326 e. The van der Waals surface area contributed by atoms with Crippen LogP contribution >= 0.6 is 0 Å². The molecule has 0 spiro atoms. The minimum atomic E-state index is -2.00. The number of aromatic hydroxyl groups is 3. The first-order valence-corrected chi connectivity index (χ1v) is 27.8. The molecule has 4 aromatic carbocycles. The quantitative estimate of drug-likeness (QED) is 0.0115. The lowest BCUT2D eigenvalue weighted by atomic mass is 10.0. The standard InChI is InChI=1S/C58H73N13O19/c59-37(27-46(60)76)49(81)64-38(7-4-22-63-58(61)62)50(82)66-41(24-31-8-14-34(73)15-9-31)52(84)65-39(20-21-47(77)78)51(83)71-45(29-72)56(88)68-42(25-32-10-16-35(74)17-11-32)53(85)67-40(23-30-5-2-1-3-6-30)54(86)69-43(28-48(79)80)55(87)70-44(57(89)90)26-33-12-18-36(75)19-13-33/h1-3,5-6,8-19,37-45,72-75H,4,7,20-29,59H2,(H2,60,76)(H,64,81)(H,65,84)(H,66,82)(H,67,85)(H,68,88)(H,69,86)(H,70,87)(H,71,83)(H,77,78)(H,79,80)(H,89,90)(H4,61,62,63). The number of benzene rings is 4. The zero-order chi connectivity index (χ0) is 66.6. The molecule has 9 atom stereocenters. The van der Waals surface area contributed by atoms with Crippen molar-refractivity contribution < 1.29 is 93.3 Å². The number of carbonyl (C=O) groups excluding carboxylic acids is 9. The molecule has 0 saturated carbocycles. The number of nitrogens with zero attached hydrogens (tertiary/aromatic N) is 1. The summed E-state index contributed by atoms with van der Waals surface area (Å²) in [5.41, 5.74) is 23.2. The van der Waals surface area contributed by atoms with Crippen molar-refractivity contribution in [3.8, 4) is 17.2 Å². The molecule has 0 aliphatic rings. The van der Waals surface area contributed by atoms with Gasteiger partial charge in [0.15, 0.2) is 5.96 Å². The molecule has 32 nitrogen and oxygen atoms in total. The van der Waals surface area contributed by atoms with E-state index in [9.17, 15) is 93.3 Å². The number of carbonyl (C=O) groups is 12. The number of carboxylic acids is 3. The van der Waals surface area contributed by atoms with Crippen molar-refractivity contribution in [3.05, 3.63) is 125 Å². The molecule has 90 heavy (non-hydrogen) atoms. The fraction of sp³-hybridized carbons (Fsp3) is 0.362. The van der Waals surface area contributed by atoms with Crippen LogP contribution in [0, 0.1) is 0 Å². The molecule has 0 aromatic heterocycles. The zero-order valence-corrected chi connectivity index (χ0v) is 48.3. The highest BCUT2D eigenvalue weighted by Gasteiger charge is 2.36. The summed E-state index contributed by atoms with van der Waals surface area (Å²) in [6.45, 7) is -1.25. The molecular formula is C58H73N13O19. The molecule has 4 aromatic rings. The SMILES string of the molecule is NC(=O)CC(N)C(=O)NC(CCCN=C(N)N)C(=O)NC(Cc1ccc(O)cc1)C(=O)NC(CCC(=O)O)C(=O)NC(CO)C(=O)NC(Cc1ccc(O)cc1)C(=O)NC(Cc1ccccc1)C(=O)NC(CC(=O)O)C(=O)NC(Cc1ccc(O)cc1)C(=O)O. The van der Waals surface area contributed by atoms with Gasteiger partial charge in [0, 0.05) is 38.6 Å². The zero-order valence-electron chi connectivity index (χ0n) is 48.3. The molecule has 0 bridgehead atoms. The molecule has 32 heteroatoms. The van der Waals surface area contributed by atoms with Crippen molar-refractivity contribution in [3.63, 3.8) is 0 Å². The van der Waals surface area contributed by atoms with Crippen LogP contribution in [-0.4, -0.2) is 180 Å². The lowest BCUT2D eigenvalue weighted by Crippen LogP contribution is -2.61. The van der Waals surface area contributed by atoms with Crippen molar-refractivity contribution >= 4 is 77.0 Å². The van der Waals surface area contributed by atoms with Crippen LogP contribution in [0.5, 0.6) is 17.2 Å². The Labute approximate surface area is 513 Å². The van der Waals surface area contributed by atoms with Crippen LogP contribution in [0.15, 0.2) is 108 Å². The van der Waals surface area contributed by atoms with E-state index in [0.717, 1.165) is 0 Å². The first-order valence-electron chi connectivity index (χ1n) is 27.8. The fourth-order valence-corrected chi connectivity index (χ4v) is 8.66. The summed E-state index contributed by atoms with van der Waals surface area (Å²) in [5.74, 6) is -15.6. The number of aliphatic hydroxyl groups is 1. The molecule has 9 amide bonds. The highest BCUT2D eigenvalue weighted by Crippen LogP contribution is 2.16. The van der Waals surface area contributed by atoms with Gasteiger partial charge in [-0.1, -0.05) is 66.7 Å². The van der Waals surface area contributed by atoms with E-state index in [1.54, 1.807) is 30.3 Å². The summed E-state index contributed by atoms with van der Waals surface area (Å²) in [5, 5.41) is 88.5. The van der Waals surface area contributed by atoms with Crippen molar-refractivity contribution in [1.29, 1.82) is 0 Å². The number of carboxylic acid groups (broad SMARTS) is 3. The average molecular weight is 1260 g/mol. The molecule has 4 rings (SSSR count). The first kappa shape index (κ1) is 71.6. The van der Waals surface area contributed by atoms with Gasteiger partial charge in [0.05, 0.1) is 25.5 Å². The van der Waals surface area contributed by atoms with Crippen LogP contribution in [0.2, 0.25) is 0 Å². The van der Waals surface area contributed by atoms with Gasteiger partial charge in [-0.25, -0.2) is 4.79 Å². The van der Waals surface area contributed by atoms with E-state index in [2.05, 4.69) is 47.5 Å². The van der Waals surface area contributed by atoms with Gasteiger partial charge < -0.3 is 101 Å². The summed E-state index contributed by atoms with van der Waals surface area (Å²) in [4.78, 5) is 164. The van der Waals surface area contributed by atoms with E-state index in [0.29, 0.717) is 16.7 Å². The second-order valence-corrected chi connectivity index (χ2v) is 20.6. The Hall–Kier alpha value is -10.9. The van der Waals surface area contributed by atoms with E-state index in [4.69, 9.17) is 22.9 Å². The molecule has 9 unspecified atom stereocenters. The fourth-order valence-electron chi connectivity index (χ4n) is 8.66. The van der Waals surface area contributed by atoms with Crippen LogP contribution in [0.1, 0.15) is 60.8 Å². The molecule has 0 radical (unpaired) electrons. The third-order valence-corrected chi connectivity index (χ3v) is 13.4. The van der Waals surface area contributed by atoms with Crippen LogP contribution in [0.3, 0.4) is 0 Å². The van der Waals surface area contributed by atoms with Gasteiger partial charge in [-0.15, -0.1) is 0 Å². The maximum atomic E-state index is 14.6. The predicted octanol–water partition coefficient (Wildman–Crippen LogP) is -4.37. The van der Waals surface area contributed by atoms with Gasteiger partial charge in [-0.3, -0.25) is 57.7 Å². The van der Waals surface area contributed by atoms with Crippen molar-refractivity contribution in [2.75, 3.05) is 13.2 Å². The number of aliphatic imine (C=N–C) groups is 1. The Morgan fingerprint density at radius 3 is 1.14 bits per heavy atom. The largest absolute Gasteiger partial charge is 0.508 e. The molecule has 484 valence electrons. The highest BCUT2D eigenvalue weighted by atomic mass is 16.4. The summed E-state index contributed by atoms with van der Waals surface area (Å²) < 4.78 is 0. The van der Waals surface area contributed by atoms with Gasteiger partial charge in [-0.2, -0.15) is 0 Å². The second kappa shape index (κ2) is 35.7. The number of nitrogens with one attached hydrogen (secondary N) is 8. The number of hydrogen-bond donors (Lipinski definition) is 19.